The van der Waals surface area contributed by atoms with Crippen molar-refractivity contribution in [2.24, 2.45) is 0 Å². The number of amides is 3. The summed E-state index contributed by atoms with van der Waals surface area (Å²) < 4.78 is 0. The summed E-state index contributed by atoms with van der Waals surface area (Å²) in [5.74, 6) is -0.268. The maximum Gasteiger partial charge on any atom is 0.329 e. The lowest BCUT2D eigenvalue weighted by atomic mass is 10.2. The number of benzene rings is 1. The summed E-state index contributed by atoms with van der Waals surface area (Å²) in [5, 5.41) is 6.59. The molecule has 136 valence electrons. The maximum atomic E-state index is 12.4. The van der Waals surface area contributed by atoms with Gasteiger partial charge in [-0.1, -0.05) is 23.7 Å². The van der Waals surface area contributed by atoms with Crippen molar-refractivity contribution in [3.8, 4) is 0 Å². The monoisotopic (exact) mass is 384 g/mol. The van der Waals surface area contributed by atoms with Gasteiger partial charge < -0.3 is 15.5 Å². The number of hydrogen-bond acceptors (Lipinski definition) is 4. The molecule has 0 aromatic heterocycles. The molecule has 0 unspecified atom stereocenters. The molecule has 0 radical (unpaired) electrons. The lowest BCUT2D eigenvalue weighted by Crippen LogP contribution is -2.44. The van der Waals surface area contributed by atoms with Crippen LogP contribution < -0.4 is 10.6 Å². The van der Waals surface area contributed by atoms with Gasteiger partial charge in [0.2, 0.25) is 0 Å². The van der Waals surface area contributed by atoms with Gasteiger partial charge in [0, 0.05) is 37.7 Å². The predicted molar refractivity (Wildman–Crippen MR) is 101 cm³/mol. The molecular formula is C17H22Cl2N4O2. The number of piperazine rings is 1. The first-order valence-corrected chi connectivity index (χ1v) is 8.54. The van der Waals surface area contributed by atoms with E-state index in [1.165, 1.54) is 4.90 Å². The Morgan fingerprint density at radius 1 is 1.08 bits per heavy atom. The van der Waals surface area contributed by atoms with Crippen molar-refractivity contribution in [2.75, 3.05) is 39.3 Å². The minimum atomic E-state index is -0.347. The summed E-state index contributed by atoms with van der Waals surface area (Å²) in [6.45, 7) is 5.36. The van der Waals surface area contributed by atoms with E-state index in [4.69, 9.17) is 11.6 Å². The van der Waals surface area contributed by atoms with E-state index in [0.717, 1.165) is 44.7 Å². The number of carbonyl (C=O) groups excluding carboxylic acids is 2. The molecule has 3 amide bonds. The Bertz CT molecular complexity index is 643. The fourth-order valence-corrected chi connectivity index (χ4v) is 3.01. The van der Waals surface area contributed by atoms with Gasteiger partial charge in [-0.2, -0.15) is 0 Å². The van der Waals surface area contributed by atoms with Gasteiger partial charge in [-0.25, -0.2) is 4.79 Å². The Morgan fingerprint density at radius 2 is 1.76 bits per heavy atom. The van der Waals surface area contributed by atoms with Gasteiger partial charge in [0.05, 0.1) is 0 Å². The minimum absolute atomic E-state index is 0. The Morgan fingerprint density at radius 3 is 2.44 bits per heavy atom. The van der Waals surface area contributed by atoms with Crippen LogP contribution in [-0.2, 0) is 4.79 Å². The summed E-state index contributed by atoms with van der Waals surface area (Å²) >= 11 is 5.85. The van der Waals surface area contributed by atoms with Gasteiger partial charge in [0.25, 0.3) is 5.91 Å². The predicted octanol–water partition coefficient (Wildman–Crippen LogP) is 1.95. The second-order valence-corrected chi connectivity index (χ2v) is 6.38. The molecule has 0 saturated carbocycles. The third-order valence-corrected chi connectivity index (χ3v) is 4.46. The molecule has 2 saturated heterocycles. The van der Waals surface area contributed by atoms with Gasteiger partial charge in [-0.05, 0) is 36.7 Å². The van der Waals surface area contributed by atoms with E-state index >= 15 is 0 Å². The molecule has 1 aromatic rings. The van der Waals surface area contributed by atoms with Gasteiger partial charge in [-0.3, -0.25) is 9.69 Å². The molecule has 3 rings (SSSR count). The highest BCUT2D eigenvalue weighted by molar-refractivity contribution is 6.30. The lowest BCUT2D eigenvalue weighted by molar-refractivity contribution is -0.122. The normalized spacial score (nSPS) is 19.9. The molecule has 0 aliphatic carbocycles. The van der Waals surface area contributed by atoms with Crippen molar-refractivity contribution >= 4 is 42.0 Å². The number of halogens is 2. The first kappa shape index (κ1) is 19.7. The fourth-order valence-electron chi connectivity index (χ4n) is 2.89. The first-order chi connectivity index (χ1) is 11.6. The third kappa shape index (κ3) is 5.19. The lowest BCUT2D eigenvalue weighted by Gasteiger charge is -2.27. The van der Waals surface area contributed by atoms with Crippen molar-refractivity contribution in [3.05, 3.63) is 40.5 Å². The van der Waals surface area contributed by atoms with Crippen LogP contribution in [0.15, 0.2) is 30.0 Å². The Hall–Kier alpha value is -1.60. The van der Waals surface area contributed by atoms with Crippen LogP contribution in [0.4, 0.5) is 4.79 Å². The van der Waals surface area contributed by atoms with E-state index in [1.807, 2.05) is 12.1 Å². The van der Waals surface area contributed by atoms with Crippen LogP contribution >= 0.6 is 24.0 Å². The van der Waals surface area contributed by atoms with E-state index in [0.29, 0.717) is 17.3 Å². The number of carbonyl (C=O) groups is 2. The van der Waals surface area contributed by atoms with E-state index < -0.39 is 0 Å². The van der Waals surface area contributed by atoms with Crippen molar-refractivity contribution in [3.63, 3.8) is 0 Å². The molecule has 0 atom stereocenters. The second kappa shape index (κ2) is 9.20. The zero-order chi connectivity index (χ0) is 16.9. The van der Waals surface area contributed by atoms with E-state index in [2.05, 4.69) is 15.5 Å². The second-order valence-electron chi connectivity index (χ2n) is 5.94. The van der Waals surface area contributed by atoms with Crippen LogP contribution in [0.25, 0.3) is 6.08 Å². The summed E-state index contributed by atoms with van der Waals surface area (Å²) in [6.07, 6.45) is 2.46. The van der Waals surface area contributed by atoms with Gasteiger partial charge in [0.1, 0.15) is 5.70 Å². The van der Waals surface area contributed by atoms with Crippen molar-refractivity contribution < 1.29 is 9.59 Å². The standard InChI is InChI=1S/C17H21ClN4O2.ClH/c18-14-4-2-13(3-5-14)12-15-16(23)22(17(24)20-15)9-1-8-21-10-6-19-7-11-21;/h2-5,12,19H,1,6-11H2,(H,20,24);1H/b15-12-;. The molecule has 1 aromatic carbocycles. The maximum absolute atomic E-state index is 12.4. The molecule has 2 N–H and O–H groups in total. The van der Waals surface area contributed by atoms with Crippen LogP contribution in [0.2, 0.25) is 5.02 Å². The summed E-state index contributed by atoms with van der Waals surface area (Å²) in [4.78, 5) is 28.1. The Kier molecular flexibility index (Phi) is 7.25. The van der Waals surface area contributed by atoms with Crippen LogP contribution in [0.3, 0.4) is 0 Å². The molecule has 2 fully saturated rings. The molecular weight excluding hydrogens is 363 g/mol. The van der Waals surface area contributed by atoms with Crippen molar-refractivity contribution in [1.29, 1.82) is 0 Å². The quantitative estimate of drug-likeness (QED) is 0.601. The highest BCUT2D eigenvalue weighted by Crippen LogP contribution is 2.16. The van der Waals surface area contributed by atoms with E-state index in [1.54, 1.807) is 18.2 Å². The number of nitrogens with one attached hydrogen (secondary N) is 2. The van der Waals surface area contributed by atoms with Crippen LogP contribution in [0.1, 0.15) is 12.0 Å². The number of nitrogens with zero attached hydrogens (tertiary/aromatic N) is 2. The van der Waals surface area contributed by atoms with Gasteiger partial charge >= 0.3 is 6.03 Å². The van der Waals surface area contributed by atoms with Crippen molar-refractivity contribution in [1.82, 2.24) is 20.4 Å². The Labute approximate surface area is 158 Å². The summed E-state index contributed by atoms with van der Waals surface area (Å²) in [7, 11) is 0. The third-order valence-electron chi connectivity index (χ3n) is 4.21. The number of urea groups is 1. The molecule has 25 heavy (non-hydrogen) atoms. The van der Waals surface area contributed by atoms with E-state index in [-0.39, 0.29) is 24.3 Å². The zero-order valence-electron chi connectivity index (χ0n) is 13.8. The molecule has 2 aliphatic heterocycles. The number of rotatable bonds is 5. The zero-order valence-corrected chi connectivity index (χ0v) is 15.4. The molecule has 2 aliphatic rings. The molecule has 0 bridgehead atoms. The van der Waals surface area contributed by atoms with Gasteiger partial charge in [-0.15, -0.1) is 12.4 Å². The molecule has 6 nitrogen and oxygen atoms in total. The van der Waals surface area contributed by atoms with E-state index in [9.17, 15) is 9.59 Å². The highest BCUT2D eigenvalue weighted by atomic mass is 35.5. The SMILES string of the molecule is Cl.O=C1N/C(=C\c2ccc(Cl)cc2)C(=O)N1CCCN1CCNCC1. The van der Waals surface area contributed by atoms with Crippen LogP contribution in [-0.4, -0.2) is 61.0 Å². The first-order valence-electron chi connectivity index (χ1n) is 8.17. The highest BCUT2D eigenvalue weighted by Gasteiger charge is 2.33. The molecule has 8 heteroatoms. The van der Waals surface area contributed by atoms with Crippen LogP contribution in [0.5, 0.6) is 0 Å². The van der Waals surface area contributed by atoms with Gasteiger partial charge in [0.15, 0.2) is 0 Å². The summed E-state index contributed by atoms with van der Waals surface area (Å²) in [5.41, 5.74) is 1.13. The minimum Gasteiger partial charge on any atom is -0.314 e. The van der Waals surface area contributed by atoms with Crippen LogP contribution in [0, 0.1) is 0 Å². The fraction of sp³-hybridized carbons (Fsp3) is 0.412. The summed E-state index contributed by atoms with van der Waals surface area (Å²) in [6, 6.07) is 6.77. The van der Waals surface area contributed by atoms with Crippen molar-refractivity contribution in [2.45, 2.75) is 6.42 Å². The Balaban J connectivity index is 0.00000225. The molecule has 0 spiro atoms. The topological polar surface area (TPSA) is 64.7 Å². The number of imide groups is 1. The smallest absolute Gasteiger partial charge is 0.314 e. The average molecular weight is 385 g/mol. The molecule has 2 heterocycles. The number of hydrogen-bond donors (Lipinski definition) is 2. The largest absolute Gasteiger partial charge is 0.329 e. The average Bonchev–Trinajstić information content (AvgIpc) is 2.85.